The van der Waals surface area contributed by atoms with E-state index in [1.54, 1.807) is 6.26 Å². The van der Waals surface area contributed by atoms with E-state index < -0.39 is 0 Å². The quantitative estimate of drug-likeness (QED) is 0.453. The Morgan fingerprint density at radius 2 is 1.59 bits per heavy atom. The number of hydrogen-bond donors (Lipinski definition) is 0. The molecule has 0 spiro atoms. The molecule has 0 N–H and O–H groups in total. The fraction of sp³-hybridized carbons (Fsp3) is 0. The van der Waals surface area contributed by atoms with E-state index in [0.717, 1.165) is 33.2 Å². The topological polar surface area (TPSA) is 30.2 Å². The fourth-order valence-electron chi connectivity index (χ4n) is 2.51. The Hall–Kier alpha value is -2.35. The lowest BCUT2D eigenvalue weighted by Gasteiger charge is -2.13. The normalized spacial score (nSPS) is 12.8. The second-order valence-corrected chi connectivity index (χ2v) is 4.21. The van der Waals surface area contributed by atoms with E-state index in [9.17, 15) is 4.79 Å². The van der Waals surface area contributed by atoms with Gasteiger partial charge >= 0.3 is 0 Å². The highest BCUT2D eigenvalue weighted by atomic mass is 16.3. The lowest BCUT2D eigenvalue weighted by atomic mass is 9.88. The molecule has 1 aliphatic rings. The predicted octanol–water partition coefficient (Wildman–Crippen LogP) is 3.64. The molecule has 0 saturated carbocycles. The van der Waals surface area contributed by atoms with Crippen LogP contribution >= 0.6 is 0 Å². The van der Waals surface area contributed by atoms with Gasteiger partial charge in [-0.3, -0.25) is 4.79 Å². The zero-order chi connectivity index (χ0) is 11.4. The molecule has 3 aromatic rings. The maximum absolute atomic E-state index is 12.4. The Morgan fingerprint density at radius 1 is 0.824 bits per heavy atom. The molecule has 1 aliphatic carbocycles. The zero-order valence-electron chi connectivity index (χ0n) is 8.94. The van der Waals surface area contributed by atoms with Crippen molar-refractivity contribution in [1.82, 2.24) is 0 Å². The van der Waals surface area contributed by atoms with Crippen LogP contribution in [0.1, 0.15) is 15.9 Å². The molecule has 0 atom stereocenters. The lowest BCUT2D eigenvalue weighted by Crippen LogP contribution is -2.08. The van der Waals surface area contributed by atoms with Crippen LogP contribution in [0.15, 0.2) is 53.1 Å². The first-order chi connectivity index (χ1) is 8.36. The second kappa shape index (κ2) is 2.86. The molecular weight excluding hydrogens is 212 g/mol. The smallest absolute Gasteiger partial charge is 0.194 e. The van der Waals surface area contributed by atoms with Crippen molar-refractivity contribution in [2.24, 2.45) is 0 Å². The van der Waals surface area contributed by atoms with Crippen LogP contribution in [0.25, 0.3) is 22.1 Å². The van der Waals surface area contributed by atoms with Gasteiger partial charge in [-0.2, -0.15) is 0 Å². The third-order valence-electron chi connectivity index (χ3n) is 3.29. The van der Waals surface area contributed by atoms with E-state index in [2.05, 4.69) is 0 Å². The van der Waals surface area contributed by atoms with Gasteiger partial charge < -0.3 is 4.42 Å². The van der Waals surface area contributed by atoms with Crippen LogP contribution in [0.4, 0.5) is 0 Å². The summed E-state index contributed by atoms with van der Waals surface area (Å²) in [5, 5.41) is 1.93. The minimum absolute atomic E-state index is 0.0834. The first kappa shape index (κ1) is 8.76. The van der Waals surface area contributed by atoms with Crippen LogP contribution in [-0.2, 0) is 0 Å². The summed E-state index contributed by atoms with van der Waals surface area (Å²) in [6, 6.07) is 13.3. The van der Waals surface area contributed by atoms with Gasteiger partial charge in [-0.25, -0.2) is 0 Å². The number of carbonyl (C=O) groups excluding carboxylic acids is 1. The highest BCUT2D eigenvalue weighted by Crippen LogP contribution is 2.40. The molecule has 0 aliphatic heterocycles. The number of carbonyl (C=O) groups is 1. The summed E-state index contributed by atoms with van der Waals surface area (Å²) in [5.41, 5.74) is 2.36. The van der Waals surface area contributed by atoms with Crippen LogP contribution in [0, 0.1) is 0 Å². The molecule has 0 saturated heterocycles. The van der Waals surface area contributed by atoms with Crippen molar-refractivity contribution in [3.8, 4) is 11.3 Å². The van der Waals surface area contributed by atoms with Crippen LogP contribution in [0.3, 0.4) is 0 Å². The van der Waals surface area contributed by atoms with E-state index in [-0.39, 0.29) is 5.78 Å². The monoisotopic (exact) mass is 220 g/mol. The Morgan fingerprint density at radius 3 is 2.47 bits per heavy atom. The standard InChI is InChI=1S/C15H8O2/c16-14-10-5-1-2-6-11(10)15-13-9(8-17-15)4-3-7-12(13)14/h1-8H. The first-order valence-electron chi connectivity index (χ1n) is 5.50. The van der Waals surface area contributed by atoms with Crippen molar-refractivity contribution in [2.75, 3.05) is 0 Å². The Kier molecular flexibility index (Phi) is 1.47. The molecule has 4 rings (SSSR count). The molecule has 0 radical (unpaired) electrons. The highest BCUT2D eigenvalue weighted by Gasteiger charge is 2.26. The van der Waals surface area contributed by atoms with E-state index in [0.29, 0.717) is 0 Å². The van der Waals surface area contributed by atoms with Gasteiger partial charge in [0.1, 0.15) is 5.76 Å². The van der Waals surface area contributed by atoms with Crippen LogP contribution < -0.4 is 0 Å². The molecular formula is C15H8O2. The maximum atomic E-state index is 12.4. The predicted molar refractivity (Wildman–Crippen MR) is 65.1 cm³/mol. The summed E-state index contributed by atoms with van der Waals surface area (Å²) in [5.74, 6) is 0.894. The Labute approximate surface area is 97.5 Å². The molecule has 80 valence electrons. The molecule has 17 heavy (non-hydrogen) atoms. The van der Waals surface area contributed by atoms with Crippen LogP contribution in [0.2, 0.25) is 0 Å². The van der Waals surface area contributed by atoms with Crippen molar-refractivity contribution >= 4 is 16.6 Å². The van der Waals surface area contributed by atoms with Gasteiger partial charge in [-0.1, -0.05) is 42.5 Å². The summed E-state index contributed by atoms with van der Waals surface area (Å²) in [7, 11) is 0. The molecule has 0 unspecified atom stereocenters. The molecule has 0 bridgehead atoms. The number of rotatable bonds is 0. The molecule has 1 aromatic heterocycles. The maximum Gasteiger partial charge on any atom is 0.194 e. The lowest BCUT2D eigenvalue weighted by molar-refractivity contribution is 0.104. The molecule has 2 aromatic carbocycles. The van der Waals surface area contributed by atoms with E-state index in [1.165, 1.54) is 0 Å². The third kappa shape index (κ3) is 0.972. The van der Waals surface area contributed by atoms with Gasteiger partial charge in [0, 0.05) is 27.5 Å². The van der Waals surface area contributed by atoms with Gasteiger partial charge in [0.2, 0.25) is 0 Å². The summed E-state index contributed by atoms with van der Waals surface area (Å²) < 4.78 is 5.62. The number of ketones is 1. The Balaban J connectivity index is 2.27. The highest BCUT2D eigenvalue weighted by molar-refractivity contribution is 6.25. The van der Waals surface area contributed by atoms with Crippen LogP contribution in [-0.4, -0.2) is 5.78 Å². The first-order valence-corrected chi connectivity index (χ1v) is 5.50. The minimum atomic E-state index is 0.0834. The number of hydrogen-bond acceptors (Lipinski definition) is 2. The average Bonchev–Trinajstić information content (AvgIpc) is 2.81. The van der Waals surface area contributed by atoms with Crippen molar-refractivity contribution in [3.63, 3.8) is 0 Å². The molecule has 0 amide bonds. The summed E-state index contributed by atoms with van der Waals surface area (Å²) >= 11 is 0. The molecule has 1 heterocycles. The van der Waals surface area contributed by atoms with Crippen molar-refractivity contribution < 1.29 is 9.21 Å². The van der Waals surface area contributed by atoms with Gasteiger partial charge in [0.05, 0.1) is 6.26 Å². The number of furan rings is 1. The summed E-state index contributed by atoms with van der Waals surface area (Å²) in [6.45, 7) is 0. The largest absolute Gasteiger partial charge is 0.463 e. The summed E-state index contributed by atoms with van der Waals surface area (Å²) in [4.78, 5) is 12.4. The SMILES string of the molecule is O=C1c2ccccc2-c2occ3cccc1c23. The van der Waals surface area contributed by atoms with E-state index in [4.69, 9.17) is 4.42 Å². The van der Waals surface area contributed by atoms with Crippen molar-refractivity contribution in [2.45, 2.75) is 0 Å². The van der Waals surface area contributed by atoms with Crippen LogP contribution in [0.5, 0.6) is 0 Å². The fourth-order valence-corrected chi connectivity index (χ4v) is 2.51. The number of benzene rings is 2. The summed E-state index contributed by atoms with van der Waals surface area (Å²) in [6.07, 6.45) is 1.71. The van der Waals surface area contributed by atoms with E-state index >= 15 is 0 Å². The van der Waals surface area contributed by atoms with Gasteiger partial charge in [0.15, 0.2) is 5.78 Å². The third-order valence-corrected chi connectivity index (χ3v) is 3.29. The minimum Gasteiger partial charge on any atom is -0.463 e. The second-order valence-electron chi connectivity index (χ2n) is 4.21. The van der Waals surface area contributed by atoms with Gasteiger partial charge in [-0.05, 0) is 0 Å². The molecule has 2 heteroatoms. The van der Waals surface area contributed by atoms with Crippen molar-refractivity contribution in [3.05, 3.63) is 59.9 Å². The van der Waals surface area contributed by atoms with Gasteiger partial charge in [-0.15, -0.1) is 0 Å². The van der Waals surface area contributed by atoms with E-state index in [1.807, 2.05) is 42.5 Å². The van der Waals surface area contributed by atoms with Gasteiger partial charge in [0.25, 0.3) is 0 Å². The molecule has 2 nitrogen and oxygen atoms in total. The number of fused-ring (bicyclic) bond motifs is 2. The zero-order valence-corrected chi connectivity index (χ0v) is 8.94. The average molecular weight is 220 g/mol. The Bertz CT molecular complexity index is 765. The van der Waals surface area contributed by atoms with Crippen molar-refractivity contribution in [1.29, 1.82) is 0 Å². The molecule has 0 fully saturated rings.